The van der Waals surface area contributed by atoms with Gasteiger partial charge in [0.15, 0.2) is 0 Å². The number of piperidine rings is 2. The summed E-state index contributed by atoms with van der Waals surface area (Å²) in [5.41, 5.74) is 1.64. The van der Waals surface area contributed by atoms with Gasteiger partial charge in [0.2, 0.25) is 10.0 Å². The van der Waals surface area contributed by atoms with Gasteiger partial charge in [0.1, 0.15) is 0 Å². The predicted molar refractivity (Wildman–Crippen MR) is 137 cm³/mol. The zero-order valence-electron chi connectivity index (χ0n) is 19.4. The van der Waals surface area contributed by atoms with Gasteiger partial charge in [-0.2, -0.15) is 0 Å². The number of rotatable bonds is 7. The van der Waals surface area contributed by atoms with Gasteiger partial charge in [-0.05, 0) is 94.1 Å². The summed E-state index contributed by atoms with van der Waals surface area (Å²) in [4.78, 5) is 17.7. The third-order valence-corrected chi connectivity index (χ3v) is 8.04. The lowest BCUT2D eigenvalue weighted by Crippen LogP contribution is -2.36. The molecule has 0 unspecified atom stereocenters. The molecule has 34 heavy (non-hydrogen) atoms. The van der Waals surface area contributed by atoms with E-state index in [2.05, 4.69) is 15.1 Å². The number of carbonyl (C=O) groups excluding carboxylic acids is 1. The monoisotopic (exact) mass is 504 g/mol. The fraction of sp³-hybridized carbons (Fsp3) is 0.480. The second-order valence-corrected chi connectivity index (χ2v) is 11.3. The molecule has 0 aromatic heterocycles. The third kappa shape index (κ3) is 6.50. The molecule has 2 aromatic carbocycles. The van der Waals surface area contributed by atoms with Crippen molar-refractivity contribution in [3.05, 3.63) is 53.1 Å². The van der Waals surface area contributed by atoms with Gasteiger partial charge < -0.3 is 15.1 Å². The number of halogens is 1. The number of hydrogen-bond donors (Lipinski definition) is 2. The van der Waals surface area contributed by atoms with Crippen LogP contribution in [0.1, 0.15) is 48.9 Å². The molecule has 0 atom stereocenters. The maximum absolute atomic E-state index is 12.9. The van der Waals surface area contributed by atoms with Crippen LogP contribution in [0.4, 0.5) is 11.4 Å². The summed E-state index contributed by atoms with van der Waals surface area (Å²) in [6.07, 6.45) is 7.36. The third-order valence-electron chi connectivity index (χ3n) is 6.89. The number of nitrogens with one attached hydrogen (secondary N) is 1. The van der Waals surface area contributed by atoms with Crippen molar-refractivity contribution in [2.24, 2.45) is 11.1 Å². The maximum Gasteiger partial charge on any atom is 0.255 e. The Balaban J connectivity index is 1.46. The van der Waals surface area contributed by atoms with Crippen LogP contribution in [0, 0.1) is 5.92 Å². The Morgan fingerprint density at radius 3 is 2.44 bits per heavy atom. The van der Waals surface area contributed by atoms with Crippen LogP contribution < -0.4 is 15.4 Å². The van der Waals surface area contributed by atoms with E-state index in [-0.39, 0.29) is 10.8 Å². The number of primary sulfonamides is 1. The van der Waals surface area contributed by atoms with Crippen LogP contribution in [-0.4, -0.2) is 51.9 Å². The van der Waals surface area contributed by atoms with E-state index in [0.717, 1.165) is 31.6 Å². The molecule has 184 valence electrons. The summed E-state index contributed by atoms with van der Waals surface area (Å²) in [5, 5.41) is 8.69. The molecule has 2 saturated heterocycles. The van der Waals surface area contributed by atoms with Gasteiger partial charge in [0.05, 0.1) is 16.3 Å². The second-order valence-electron chi connectivity index (χ2n) is 9.31. The topological polar surface area (TPSA) is 95.7 Å². The Bertz CT molecular complexity index is 1110. The fourth-order valence-corrected chi connectivity index (χ4v) is 5.63. The summed E-state index contributed by atoms with van der Waals surface area (Å²) < 4.78 is 23.9. The van der Waals surface area contributed by atoms with Crippen molar-refractivity contribution in [2.75, 3.05) is 42.9 Å². The second kappa shape index (κ2) is 11.1. The summed E-state index contributed by atoms with van der Waals surface area (Å²) in [6.45, 7) is 5.35. The highest BCUT2D eigenvalue weighted by Crippen LogP contribution is 2.33. The minimum atomic E-state index is -3.90. The minimum Gasteiger partial charge on any atom is -0.370 e. The van der Waals surface area contributed by atoms with Crippen molar-refractivity contribution in [3.63, 3.8) is 0 Å². The van der Waals surface area contributed by atoms with E-state index in [1.807, 2.05) is 0 Å². The Morgan fingerprint density at radius 1 is 1.03 bits per heavy atom. The van der Waals surface area contributed by atoms with E-state index < -0.39 is 10.0 Å². The van der Waals surface area contributed by atoms with Gasteiger partial charge in [-0.25, -0.2) is 13.6 Å². The van der Waals surface area contributed by atoms with Crippen LogP contribution in [0.5, 0.6) is 0 Å². The van der Waals surface area contributed by atoms with Crippen LogP contribution in [-0.2, 0) is 10.0 Å². The van der Waals surface area contributed by atoms with E-state index in [1.54, 1.807) is 30.3 Å². The number of anilines is 2. The van der Waals surface area contributed by atoms with Crippen molar-refractivity contribution >= 4 is 38.9 Å². The van der Waals surface area contributed by atoms with Gasteiger partial charge in [-0.15, -0.1) is 0 Å². The fourth-order valence-electron chi connectivity index (χ4n) is 4.90. The maximum atomic E-state index is 12.9. The van der Waals surface area contributed by atoms with Crippen LogP contribution in [0.2, 0.25) is 5.02 Å². The zero-order chi connectivity index (χ0) is 24.1. The molecule has 0 aliphatic carbocycles. The molecule has 2 fully saturated rings. The first kappa shape index (κ1) is 25.0. The number of likely N-dealkylation sites (tertiary alicyclic amines) is 1. The largest absolute Gasteiger partial charge is 0.370 e. The number of nitrogens with zero attached hydrogens (tertiary/aromatic N) is 2. The van der Waals surface area contributed by atoms with Crippen LogP contribution >= 0.6 is 11.6 Å². The normalized spacial score (nSPS) is 18.1. The Morgan fingerprint density at radius 2 is 1.76 bits per heavy atom. The molecule has 9 heteroatoms. The Kier molecular flexibility index (Phi) is 8.14. The van der Waals surface area contributed by atoms with Crippen molar-refractivity contribution < 1.29 is 13.2 Å². The molecule has 2 aliphatic heterocycles. The number of amides is 1. The minimum absolute atomic E-state index is 0.0333. The molecular formula is C25H33ClN4O3S. The summed E-state index contributed by atoms with van der Waals surface area (Å²) in [6, 6.07) is 11.3. The number of benzene rings is 2. The van der Waals surface area contributed by atoms with Crippen molar-refractivity contribution in [2.45, 2.75) is 43.4 Å². The highest BCUT2D eigenvalue weighted by Gasteiger charge is 2.24. The van der Waals surface area contributed by atoms with Gasteiger partial charge in [0.25, 0.3) is 5.91 Å². The number of hydrogen-bond acceptors (Lipinski definition) is 5. The van der Waals surface area contributed by atoms with Gasteiger partial charge in [0, 0.05) is 23.7 Å². The number of sulfonamides is 1. The Hall–Kier alpha value is -2.13. The zero-order valence-corrected chi connectivity index (χ0v) is 21.0. The average molecular weight is 505 g/mol. The van der Waals surface area contributed by atoms with Gasteiger partial charge >= 0.3 is 0 Å². The molecule has 7 nitrogen and oxygen atoms in total. The van der Waals surface area contributed by atoms with Crippen molar-refractivity contribution in [3.8, 4) is 0 Å². The SMILES string of the molecule is NS(=O)(=O)c1ccc(N2CCC(CCN3CCCCC3)CC2)c(NC(=O)c2cccc(Cl)c2)c1. The summed E-state index contributed by atoms with van der Waals surface area (Å²) in [5.74, 6) is 0.332. The van der Waals surface area contributed by atoms with E-state index in [9.17, 15) is 13.2 Å². The lowest BCUT2D eigenvalue weighted by Gasteiger charge is -2.36. The standard InChI is InChI=1S/C25H33ClN4O3S/c26-21-6-4-5-20(17-21)25(31)28-23-18-22(34(27,32)33)7-8-24(23)30-15-10-19(11-16-30)9-14-29-12-2-1-3-13-29/h4-8,17-19H,1-3,9-16H2,(H,28,31)(H2,27,32,33). The molecule has 2 heterocycles. The number of nitrogens with two attached hydrogens (primary N) is 1. The van der Waals surface area contributed by atoms with E-state index in [0.29, 0.717) is 22.2 Å². The van der Waals surface area contributed by atoms with E-state index in [4.69, 9.17) is 16.7 Å². The smallest absolute Gasteiger partial charge is 0.255 e. The first-order chi connectivity index (χ1) is 16.3. The van der Waals surface area contributed by atoms with Crippen molar-refractivity contribution in [1.82, 2.24) is 4.90 Å². The Labute approximate surface area is 207 Å². The van der Waals surface area contributed by atoms with Crippen LogP contribution in [0.15, 0.2) is 47.4 Å². The van der Waals surface area contributed by atoms with Crippen LogP contribution in [0.25, 0.3) is 0 Å². The molecule has 2 aliphatic rings. The molecule has 4 rings (SSSR count). The molecule has 0 spiro atoms. The molecular weight excluding hydrogens is 472 g/mol. The molecule has 0 saturated carbocycles. The predicted octanol–water partition coefficient (Wildman–Crippen LogP) is 4.33. The van der Waals surface area contributed by atoms with Crippen LogP contribution in [0.3, 0.4) is 0 Å². The first-order valence-corrected chi connectivity index (χ1v) is 13.9. The molecule has 2 aromatic rings. The molecule has 1 amide bonds. The molecule has 3 N–H and O–H groups in total. The summed E-state index contributed by atoms with van der Waals surface area (Å²) in [7, 11) is -3.90. The number of carbonyl (C=O) groups is 1. The molecule has 0 radical (unpaired) electrons. The molecule has 0 bridgehead atoms. The van der Waals surface area contributed by atoms with E-state index in [1.165, 1.54) is 57.5 Å². The van der Waals surface area contributed by atoms with Gasteiger partial charge in [-0.1, -0.05) is 24.1 Å². The van der Waals surface area contributed by atoms with E-state index >= 15 is 0 Å². The van der Waals surface area contributed by atoms with Crippen molar-refractivity contribution in [1.29, 1.82) is 0 Å². The highest BCUT2D eigenvalue weighted by molar-refractivity contribution is 7.89. The quantitative estimate of drug-likeness (QED) is 0.585. The van der Waals surface area contributed by atoms with Gasteiger partial charge in [-0.3, -0.25) is 4.79 Å². The summed E-state index contributed by atoms with van der Waals surface area (Å²) >= 11 is 6.03. The lowest BCUT2D eigenvalue weighted by molar-refractivity contribution is 0.102. The average Bonchev–Trinajstić information content (AvgIpc) is 2.83. The highest BCUT2D eigenvalue weighted by atomic mass is 35.5. The first-order valence-electron chi connectivity index (χ1n) is 12.0. The lowest BCUT2D eigenvalue weighted by atomic mass is 9.92.